The summed E-state index contributed by atoms with van der Waals surface area (Å²) in [4.78, 5) is 16.9. The van der Waals surface area contributed by atoms with Crippen LogP contribution in [0.3, 0.4) is 0 Å². The number of hydrogen-bond acceptors (Lipinski definition) is 5. The van der Waals surface area contributed by atoms with Crippen LogP contribution in [0.15, 0.2) is 30.5 Å². The Morgan fingerprint density at radius 2 is 2.00 bits per heavy atom. The molecule has 3 aromatic rings. The molecule has 6 nitrogen and oxygen atoms in total. The van der Waals surface area contributed by atoms with Gasteiger partial charge in [-0.2, -0.15) is 0 Å². The van der Waals surface area contributed by atoms with Crippen molar-refractivity contribution < 1.29 is 23.0 Å². The number of carbonyl (C=O) groups is 1. The van der Waals surface area contributed by atoms with Gasteiger partial charge in [0.2, 0.25) is 0 Å². The van der Waals surface area contributed by atoms with Crippen LogP contribution in [0.1, 0.15) is 42.4 Å². The van der Waals surface area contributed by atoms with Gasteiger partial charge in [-0.15, -0.1) is 0 Å². The molecule has 1 atom stereocenters. The molecule has 0 saturated carbocycles. The predicted octanol–water partition coefficient (Wildman–Crippen LogP) is 4.07. The van der Waals surface area contributed by atoms with Gasteiger partial charge >= 0.3 is 5.97 Å². The number of aryl methyl sites for hydroxylation is 1. The molecule has 8 heteroatoms. The van der Waals surface area contributed by atoms with E-state index in [0.717, 1.165) is 24.2 Å². The lowest BCUT2D eigenvalue weighted by Crippen LogP contribution is -2.39. The molecule has 170 valence electrons. The third-order valence-corrected chi connectivity index (χ3v) is 5.22. The summed E-state index contributed by atoms with van der Waals surface area (Å²) in [5.41, 5.74) is 1.21. The monoisotopic (exact) mass is 443 g/mol. The van der Waals surface area contributed by atoms with Crippen LogP contribution >= 0.6 is 0 Å². The summed E-state index contributed by atoms with van der Waals surface area (Å²) >= 11 is 0. The number of imidazole rings is 1. The maximum Gasteiger partial charge on any atom is 0.338 e. The van der Waals surface area contributed by atoms with E-state index in [4.69, 9.17) is 9.47 Å². The lowest BCUT2D eigenvalue weighted by molar-refractivity contribution is 0.00684. The van der Waals surface area contributed by atoms with Crippen molar-refractivity contribution >= 4 is 11.6 Å². The molecule has 1 fully saturated rings. The molecule has 2 aromatic heterocycles. The summed E-state index contributed by atoms with van der Waals surface area (Å²) in [6.45, 7) is 8.99. The number of fused-ring (bicyclic) bond motifs is 1. The third-order valence-electron chi connectivity index (χ3n) is 5.22. The maximum atomic E-state index is 15.2. The van der Waals surface area contributed by atoms with Crippen LogP contribution in [0.5, 0.6) is 0 Å². The zero-order valence-corrected chi connectivity index (χ0v) is 18.7. The van der Waals surface area contributed by atoms with Crippen LogP contribution < -0.4 is 5.32 Å². The van der Waals surface area contributed by atoms with Crippen molar-refractivity contribution in [3.63, 3.8) is 0 Å². The van der Waals surface area contributed by atoms with Gasteiger partial charge in [0, 0.05) is 25.7 Å². The van der Waals surface area contributed by atoms with Gasteiger partial charge in [0.1, 0.15) is 22.9 Å². The largest absolute Gasteiger partial charge is 0.456 e. The third kappa shape index (κ3) is 4.66. The van der Waals surface area contributed by atoms with Crippen LogP contribution in [0, 0.1) is 18.6 Å². The molecule has 0 unspecified atom stereocenters. The van der Waals surface area contributed by atoms with Gasteiger partial charge in [0.15, 0.2) is 0 Å². The van der Waals surface area contributed by atoms with Gasteiger partial charge < -0.3 is 19.2 Å². The zero-order valence-electron chi connectivity index (χ0n) is 18.7. The molecule has 32 heavy (non-hydrogen) atoms. The first-order valence-electron chi connectivity index (χ1n) is 10.6. The highest BCUT2D eigenvalue weighted by atomic mass is 19.1. The first-order valence-corrected chi connectivity index (χ1v) is 10.6. The summed E-state index contributed by atoms with van der Waals surface area (Å²) in [7, 11) is 0. The highest BCUT2D eigenvalue weighted by molar-refractivity contribution is 5.90. The number of esters is 1. The summed E-state index contributed by atoms with van der Waals surface area (Å²) < 4.78 is 43.3. The molecular weight excluding hydrogens is 416 g/mol. The fourth-order valence-corrected chi connectivity index (χ4v) is 3.81. The van der Waals surface area contributed by atoms with Gasteiger partial charge in [-0.1, -0.05) is 0 Å². The number of nitrogens with zero attached hydrogens (tertiary/aromatic N) is 2. The van der Waals surface area contributed by atoms with Crippen LogP contribution in [-0.2, 0) is 15.9 Å². The van der Waals surface area contributed by atoms with E-state index in [0.29, 0.717) is 30.9 Å². The minimum absolute atomic E-state index is 0.143. The fourth-order valence-electron chi connectivity index (χ4n) is 3.81. The number of rotatable bonds is 4. The number of nitrogens with one attached hydrogen (secondary N) is 1. The Morgan fingerprint density at radius 1 is 1.28 bits per heavy atom. The molecule has 1 aromatic carbocycles. The Hall–Kier alpha value is -2.84. The number of hydrogen-bond donors (Lipinski definition) is 1. The standard InChI is InChI=1S/C24H27F2N3O3/c1-14-5-7-29-19(12-16-13-27-6-8-31-16)22(28-20(29)9-14)21-17(25)10-15(11-18(21)26)23(30)32-24(2,3)4/h5,7,9-11,16,27H,6,8,12-13H2,1-4H3/t16-/m0/s1. The first kappa shape index (κ1) is 22.4. The molecule has 0 spiro atoms. The molecule has 0 radical (unpaired) electrons. The Labute approximate surface area is 185 Å². The average molecular weight is 443 g/mol. The normalized spacial score (nSPS) is 17.0. The van der Waals surface area contributed by atoms with Crippen molar-refractivity contribution in [1.82, 2.24) is 14.7 Å². The van der Waals surface area contributed by atoms with Crippen molar-refractivity contribution in [2.24, 2.45) is 0 Å². The zero-order chi connectivity index (χ0) is 23.0. The maximum absolute atomic E-state index is 15.2. The smallest absolute Gasteiger partial charge is 0.338 e. The number of halogens is 2. The second kappa shape index (κ2) is 8.60. The molecule has 0 amide bonds. The molecule has 1 aliphatic heterocycles. The van der Waals surface area contributed by atoms with Gasteiger partial charge in [0.05, 0.1) is 35.2 Å². The van der Waals surface area contributed by atoms with Crippen LogP contribution in [0.4, 0.5) is 8.78 Å². The Morgan fingerprint density at radius 3 is 2.62 bits per heavy atom. The second-order valence-corrected chi connectivity index (χ2v) is 9.06. The quantitative estimate of drug-likeness (QED) is 0.616. The van der Waals surface area contributed by atoms with Gasteiger partial charge in [-0.05, 0) is 57.5 Å². The summed E-state index contributed by atoms with van der Waals surface area (Å²) in [6.07, 6.45) is 2.13. The van der Waals surface area contributed by atoms with Crippen molar-refractivity contribution in [3.8, 4) is 11.3 Å². The summed E-state index contributed by atoms with van der Waals surface area (Å²) in [5, 5.41) is 3.27. The van der Waals surface area contributed by atoms with Gasteiger partial charge in [-0.3, -0.25) is 0 Å². The second-order valence-electron chi connectivity index (χ2n) is 9.06. The van der Waals surface area contributed by atoms with Crippen LogP contribution in [-0.4, -0.2) is 46.8 Å². The SMILES string of the molecule is Cc1ccn2c(C[C@H]3CNCCO3)c(-c3c(F)cc(C(=O)OC(C)(C)C)cc3F)nc2c1. The molecule has 0 bridgehead atoms. The van der Waals surface area contributed by atoms with E-state index in [2.05, 4.69) is 10.3 Å². The summed E-state index contributed by atoms with van der Waals surface area (Å²) in [6, 6.07) is 5.78. The molecule has 3 heterocycles. The van der Waals surface area contributed by atoms with E-state index in [1.54, 1.807) is 20.8 Å². The highest BCUT2D eigenvalue weighted by Gasteiger charge is 2.27. The van der Waals surface area contributed by atoms with E-state index in [1.807, 2.05) is 29.7 Å². The number of ether oxygens (including phenoxy) is 2. The Kier molecular flexibility index (Phi) is 6.01. The van der Waals surface area contributed by atoms with Crippen molar-refractivity contribution in [2.75, 3.05) is 19.7 Å². The van der Waals surface area contributed by atoms with E-state index in [1.165, 1.54) is 0 Å². The minimum Gasteiger partial charge on any atom is -0.456 e. The van der Waals surface area contributed by atoms with Gasteiger partial charge in [-0.25, -0.2) is 18.6 Å². The van der Waals surface area contributed by atoms with E-state index >= 15 is 8.78 Å². The topological polar surface area (TPSA) is 64.9 Å². The number of aromatic nitrogens is 2. The molecule has 1 saturated heterocycles. The van der Waals surface area contributed by atoms with Gasteiger partial charge in [0.25, 0.3) is 0 Å². The van der Waals surface area contributed by atoms with Crippen LogP contribution in [0.2, 0.25) is 0 Å². The Bertz CT molecular complexity index is 1140. The van der Waals surface area contributed by atoms with E-state index in [9.17, 15) is 4.79 Å². The molecular formula is C24H27F2N3O3. The van der Waals surface area contributed by atoms with Crippen molar-refractivity contribution in [3.05, 3.63) is 58.9 Å². The van der Waals surface area contributed by atoms with Crippen molar-refractivity contribution in [1.29, 1.82) is 0 Å². The van der Waals surface area contributed by atoms with Crippen LogP contribution in [0.25, 0.3) is 16.9 Å². The average Bonchev–Trinajstić information content (AvgIpc) is 3.04. The lowest BCUT2D eigenvalue weighted by atomic mass is 10.0. The van der Waals surface area contributed by atoms with E-state index in [-0.39, 0.29) is 22.9 Å². The lowest BCUT2D eigenvalue weighted by Gasteiger charge is -2.24. The molecule has 0 aliphatic carbocycles. The Balaban J connectivity index is 1.80. The number of carbonyl (C=O) groups excluding carboxylic acids is 1. The fraction of sp³-hybridized carbons (Fsp3) is 0.417. The highest BCUT2D eigenvalue weighted by Crippen LogP contribution is 2.32. The minimum atomic E-state index is -0.866. The number of benzene rings is 1. The number of pyridine rings is 1. The number of morpholine rings is 1. The van der Waals surface area contributed by atoms with Crippen molar-refractivity contribution in [2.45, 2.75) is 45.8 Å². The summed E-state index contributed by atoms with van der Waals surface area (Å²) in [5.74, 6) is -2.51. The predicted molar refractivity (Wildman–Crippen MR) is 117 cm³/mol. The molecule has 1 aliphatic rings. The van der Waals surface area contributed by atoms with E-state index < -0.39 is 23.2 Å². The molecule has 4 rings (SSSR count). The molecule has 1 N–H and O–H groups in total. The first-order chi connectivity index (χ1) is 15.1.